The SMILES string of the molecule is CCN(c1ccccc1F)c1ccc(F)cc1[C@@H](C)O. The van der Waals surface area contributed by atoms with Crippen molar-refractivity contribution in [2.45, 2.75) is 20.0 Å². The van der Waals surface area contributed by atoms with Gasteiger partial charge in [-0.25, -0.2) is 8.78 Å². The van der Waals surface area contributed by atoms with Crippen LogP contribution in [0, 0.1) is 11.6 Å². The molecule has 0 unspecified atom stereocenters. The van der Waals surface area contributed by atoms with Gasteiger partial charge in [0.1, 0.15) is 11.6 Å². The maximum atomic E-state index is 13.9. The molecular weight excluding hydrogens is 260 g/mol. The molecular formula is C16H17F2NO. The maximum absolute atomic E-state index is 13.9. The van der Waals surface area contributed by atoms with Gasteiger partial charge in [-0.3, -0.25) is 0 Å². The Morgan fingerprint density at radius 1 is 1.10 bits per heavy atom. The predicted octanol–water partition coefficient (Wildman–Crippen LogP) is 4.18. The van der Waals surface area contributed by atoms with Crippen LogP contribution in [0.2, 0.25) is 0 Å². The Morgan fingerprint density at radius 2 is 1.80 bits per heavy atom. The predicted molar refractivity (Wildman–Crippen MR) is 76.1 cm³/mol. The Hall–Kier alpha value is -1.94. The van der Waals surface area contributed by atoms with Gasteiger partial charge in [0.2, 0.25) is 0 Å². The highest BCUT2D eigenvalue weighted by atomic mass is 19.1. The van der Waals surface area contributed by atoms with Gasteiger partial charge in [0, 0.05) is 17.8 Å². The zero-order valence-corrected chi connectivity index (χ0v) is 11.5. The molecule has 0 amide bonds. The normalized spacial score (nSPS) is 12.2. The highest BCUT2D eigenvalue weighted by Crippen LogP contribution is 2.33. The van der Waals surface area contributed by atoms with Crippen LogP contribution in [-0.4, -0.2) is 11.7 Å². The molecule has 0 radical (unpaired) electrons. The number of aliphatic hydroxyl groups excluding tert-OH is 1. The van der Waals surface area contributed by atoms with Crippen molar-refractivity contribution in [2.24, 2.45) is 0 Å². The Bertz CT molecular complexity index is 599. The number of hydrogen-bond acceptors (Lipinski definition) is 2. The minimum absolute atomic E-state index is 0.352. The summed E-state index contributed by atoms with van der Waals surface area (Å²) in [5, 5.41) is 9.80. The lowest BCUT2D eigenvalue weighted by Gasteiger charge is -2.27. The molecule has 1 N–H and O–H groups in total. The molecule has 0 saturated heterocycles. The van der Waals surface area contributed by atoms with E-state index in [0.717, 1.165) is 0 Å². The largest absolute Gasteiger partial charge is 0.389 e. The Labute approximate surface area is 117 Å². The van der Waals surface area contributed by atoms with E-state index in [9.17, 15) is 13.9 Å². The molecule has 0 saturated carbocycles. The molecule has 106 valence electrons. The lowest BCUT2D eigenvalue weighted by molar-refractivity contribution is 0.199. The summed E-state index contributed by atoms with van der Waals surface area (Å²) in [6, 6.07) is 10.6. The number of para-hydroxylation sites is 1. The molecule has 0 spiro atoms. The van der Waals surface area contributed by atoms with Gasteiger partial charge in [0.25, 0.3) is 0 Å². The van der Waals surface area contributed by atoms with E-state index in [-0.39, 0.29) is 5.82 Å². The van der Waals surface area contributed by atoms with E-state index in [2.05, 4.69) is 0 Å². The average molecular weight is 277 g/mol. The molecule has 2 aromatic rings. The van der Waals surface area contributed by atoms with Gasteiger partial charge in [-0.1, -0.05) is 12.1 Å². The monoisotopic (exact) mass is 277 g/mol. The molecule has 0 aromatic heterocycles. The highest BCUT2D eigenvalue weighted by molar-refractivity contribution is 5.67. The minimum Gasteiger partial charge on any atom is -0.389 e. The van der Waals surface area contributed by atoms with Gasteiger partial charge in [0.15, 0.2) is 0 Å². The molecule has 0 aliphatic heterocycles. The number of anilines is 2. The second-order valence-electron chi connectivity index (χ2n) is 4.57. The van der Waals surface area contributed by atoms with E-state index in [1.54, 1.807) is 36.1 Å². The lowest BCUT2D eigenvalue weighted by atomic mass is 10.1. The van der Waals surface area contributed by atoms with Gasteiger partial charge in [-0.2, -0.15) is 0 Å². The van der Waals surface area contributed by atoms with Crippen molar-refractivity contribution in [2.75, 3.05) is 11.4 Å². The molecule has 0 bridgehead atoms. The van der Waals surface area contributed by atoms with E-state index < -0.39 is 11.9 Å². The number of nitrogens with zero attached hydrogens (tertiary/aromatic N) is 1. The van der Waals surface area contributed by atoms with E-state index in [0.29, 0.717) is 23.5 Å². The van der Waals surface area contributed by atoms with Crippen molar-refractivity contribution in [3.05, 3.63) is 59.7 Å². The summed E-state index contributed by atoms with van der Waals surface area (Å²) in [7, 11) is 0. The summed E-state index contributed by atoms with van der Waals surface area (Å²) in [6.45, 7) is 3.95. The highest BCUT2D eigenvalue weighted by Gasteiger charge is 2.17. The smallest absolute Gasteiger partial charge is 0.146 e. The molecule has 1 atom stereocenters. The summed E-state index contributed by atoms with van der Waals surface area (Å²) in [6.07, 6.45) is -0.832. The molecule has 20 heavy (non-hydrogen) atoms. The first-order chi connectivity index (χ1) is 9.54. The summed E-state index contributed by atoms with van der Waals surface area (Å²) in [5.41, 5.74) is 1.45. The summed E-state index contributed by atoms with van der Waals surface area (Å²) in [4.78, 5) is 1.72. The van der Waals surface area contributed by atoms with Crippen LogP contribution in [-0.2, 0) is 0 Å². The second kappa shape index (κ2) is 6.01. The van der Waals surface area contributed by atoms with E-state index >= 15 is 0 Å². The zero-order valence-electron chi connectivity index (χ0n) is 11.5. The fourth-order valence-corrected chi connectivity index (χ4v) is 2.25. The van der Waals surface area contributed by atoms with Crippen molar-refractivity contribution in [3.8, 4) is 0 Å². The van der Waals surface area contributed by atoms with Crippen LogP contribution >= 0.6 is 0 Å². The lowest BCUT2D eigenvalue weighted by Crippen LogP contribution is -2.19. The molecule has 0 aliphatic rings. The summed E-state index contributed by atoms with van der Waals surface area (Å²) >= 11 is 0. The Kier molecular flexibility index (Phi) is 4.35. The van der Waals surface area contributed by atoms with E-state index in [1.807, 2.05) is 6.92 Å². The summed E-state index contributed by atoms with van der Waals surface area (Å²) in [5.74, 6) is -0.774. The first-order valence-corrected chi connectivity index (χ1v) is 6.54. The molecule has 2 nitrogen and oxygen atoms in total. The Balaban J connectivity index is 2.55. The number of rotatable bonds is 4. The average Bonchev–Trinajstić information content (AvgIpc) is 2.42. The fourth-order valence-electron chi connectivity index (χ4n) is 2.25. The topological polar surface area (TPSA) is 23.5 Å². The van der Waals surface area contributed by atoms with Gasteiger partial charge in [0.05, 0.1) is 11.8 Å². The van der Waals surface area contributed by atoms with Crippen LogP contribution in [0.25, 0.3) is 0 Å². The summed E-state index contributed by atoms with van der Waals surface area (Å²) < 4.78 is 27.3. The fraction of sp³-hybridized carbons (Fsp3) is 0.250. The van der Waals surface area contributed by atoms with Crippen LogP contribution in [0.4, 0.5) is 20.2 Å². The first kappa shape index (κ1) is 14.5. The second-order valence-corrected chi connectivity index (χ2v) is 4.57. The van der Waals surface area contributed by atoms with Crippen LogP contribution in [0.15, 0.2) is 42.5 Å². The third-order valence-electron chi connectivity index (χ3n) is 3.19. The van der Waals surface area contributed by atoms with Crippen molar-refractivity contribution in [1.82, 2.24) is 0 Å². The molecule has 4 heteroatoms. The van der Waals surface area contributed by atoms with Crippen LogP contribution < -0.4 is 4.90 Å². The quantitative estimate of drug-likeness (QED) is 0.906. The minimum atomic E-state index is -0.832. The van der Waals surface area contributed by atoms with Gasteiger partial charge in [-0.05, 0) is 44.2 Å². The maximum Gasteiger partial charge on any atom is 0.146 e. The van der Waals surface area contributed by atoms with E-state index in [4.69, 9.17) is 0 Å². The third-order valence-corrected chi connectivity index (χ3v) is 3.19. The van der Waals surface area contributed by atoms with Crippen molar-refractivity contribution < 1.29 is 13.9 Å². The van der Waals surface area contributed by atoms with Crippen molar-refractivity contribution in [3.63, 3.8) is 0 Å². The number of benzene rings is 2. The van der Waals surface area contributed by atoms with Crippen LogP contribution in [0.3, 0.4) is 0 Å². The van der Waals surface area contributed by atoms with Crippen molar-refractivity contribution >= 4 is 11.4 Å². The number of aliphatic hydroxyl groups is 1. The standard InChI is InChI=1S/C16H17F2NO/c1-3-19(16-7-5-4-6-14(16)18)15-9-8-12(17)10-13(15)11(2)20/h4-11,20H,3H2,1-2H3/t11-/m1/s1. The molecule has 0 heterocycles. The Morgan fingerprint density at radius 3 is 2.40 bits per heavy atom. The van der Waals surface area contributed by atoms with E-state index in [1.165, 1.54) is 18.2 Å². The molecule has 2 rings (SSSR count). The number of halogens is 2. The van der Waals surface area contributed by atoms with Gasteiger partial charge in [-0.15, -0.1) is 0 Å². The van der Waals surface area contributed by atoms with Gasteiger partial charge >= 0.3 is 0 Å². The zero-order chi connectivity index (χ0) is 14.7. The molecule has 0 fully saturated rings. The molecule has 2 aromatic carbocycles. The van der Waals surface area contributed by atoms with Crippen LogP contribution in [0.1, 0.15) is 25.5 Å². The molecule has 0 aliphatic carbocycles. The van der Waals surface area contributed by atoms with Crippen molar-refractivity contribution in [1.29, 1.82) is 0 Å². The van der Waals surface area contributed by atoms with Crippen LogP contribution in [0.5, 0.6) is 0 Å². The van der Waals surface area contributed by atoms with Gasteiger partial charge < -0.3 is 10.0 Å². The number of hydrogen-bond donors (Lipinski definition) is 1. The third kappa shape index (κ3) is 2.80. The first-order valence-electron chi connectivity index (χ1n) is 6.54.